The Bertz CT molecular complexity index is 1030. The summed E-state index contributed by atoms with van der Waals surface area (Å²) in [7, 11) is 1.57. The van der Waals surface area contributed by atoms with Gasteiger partial charge in [0.25, 0.3) is 11.5 Å². The summed E-state index contributed by atoms with van der Waals surface area (Å²) >= 11 is 5.91. The molecule has 5 nitrogen and oxygen atoms in total. The number of aromatic amines is 1. The third-order valence-corrected chi connectivity index (χ3v) is 4.74. The third-order valence-electron chi connectivity index (χ3n) is 4.49. The maximum atomic E-state index is 12.9. The van der Waals surface area contributed by atoms with Gasteiger partial charge in [-0.3, -0.25) is 9.59 Å². The Hall–Kier alpha value is -3.05. The summed E-state index contributed by atoms with van der Waals surface area (Å²) in [6.07, 6.45) is 0. The predicted octanol–water partition coefficient (Wildman–Crippen LogP) is 4.37. The molecule has 0 bridgehead atoms. The van der Waals surface area contributed by atoms with Gasteiger partial charge in [0, 0.05) is 23.7 Å². The van der Waals surface area contributed by atoms with E-state index in [4.69, 9.17) is 16.3 Å². The van der Waals surface area contributed by atoms with Crippen LogP contribution in [-0.2, 0) is 6.54 Å². The zero-order chi connectivity index (χ0) is 20.1. The number of aromatic nitrogens is 1. The van der Waals surface area contributed by atoms with Crippen LogP contribution in [0.2, 0.25) is 5.02 Å². The number of carbonyl (C=O) groups excluding carboxylic acids is 1. The van der Waals surface area contributed by atoms with E-state index in [2.05, 4.69) is 4.98 Å². The second-order valence-corrected chi connectivity index (χ2v) is 6.70. The van der Waals surface area contributed by atoms with Crippen LogP contribution in [0.15, 0.2) is 65.5 Å². The highest BCUT2D eigenvalue weighted by molar-refractivity contribution is 6.30. The quantitative estimate of drug-likeness (QED) is 0.673. The molecule has 0 radical (unpaired) electrons. The molecule has 1 amide bonds. The van der Waals surface area contributed by atoms with Crippen molar-refractivity contribution in [3.63, 3.8) is 0 Å². The van der Waals surface area contributed by atoms with Gasteiger partial charge in [-0.15, -0.1) is 0 Å². The van der Waals surface area contributed by atoms with Crippen molar-refractivity contribution >= 4 is 17.5 Å². The molecule has 0 saturated carbocycles. The van der Waals surface area contributed by atoms with Gasteiger partial charge in [0.05, 0.1) is 12.8 Å². The van der Waals surface area contributed by atoms with E-state index in [0.717, 1.165) is 11.1 Å². The van der Waals surface area contributed by atoms with Gasteiger partial charge in [-0.1, -0.05) is 35.9 Å². The lowest BCUT2D eigenvalue weighted by molar-refractivity contribution is 0.0751. The second kappa shape index (κ2) is 8.76. The fourth-order valence-corrected chi connectivity index (χ4v) is 3.10. The van der Waals surface area contributed by atoms with Crippen LogP contribution in [-0.4, -0.2) is 29.4 Å². The summed E-state index contributed by atoms with van der Waals surface area (Å²) < 4.78 is 5.34. The first-order chi connectivity index (χ1) is 13.5. The number of rotatable bonds is 6. The van der Waals surface area contributed by atoms with Crippen molar-refractivity contribution in [2.24, 2.45) is 0 Å². The smallest absolute Gasteiger partial charge is 0.261 e. The monoisotopic (exact) mass is 396 g/mol. The molecule has 2 aromatic carbocycles. The average Bonchev–Trinajstić information content (AvgIpc) is 2.72. The zero-order valence-corrected chi connectivity index (χ0v) is 16.5. The maximum Gasteiger partial charge on any atom is 0.261 e. The largest absolute Gasteiger partial charge is 0.496 e. The number of nitrogens with zero attached hydrogens (tertiary/aromatic N) is 1. The van der Waals surface area contributed by atoms with E-state index in [9.17, 15) is 9.59 Å². The second-order valence-electron chi connectivity index (χ2n) is 6.26. The molecule has 0 atom stereocenters. The summed E-state index contributed by atoms with van der Waals surface area (Å²) in [5, 5.41) is 0.640. The Morgan fingerprint density at radius 3 is 2.43 bits per heavy atom. The van der Waals surface area contributed by atoms with Gasteiger partial charge in [-0.05, 0) is 48.9 Å². The first-order valence-electron chi connectivity index (χ1n) is 8.94. The summed E-state index contributed by atoms with van der Waals surface area (Å²) in [4.78, 5) is 29.9. The molecular formula is C22H21ClN2O3. The molecule has 6 heteroatoms. The van der Waals surface area contributed by atoms with Crippen LogP contribution in [0.4, 0.5) is 0 Å². The van der Waals surface area contributed by atoms with E-state index in [1.165, 1.54) is 0 Å². The summed E-state index contributed by atoms with van der Waals surface area (Å²) in [6, 6.07) is 18.0. The summed E-state index contributed by atoms with van der Waals surface area (Å²) in [6.45, 7) is 2.76. The van der Waals surface area contributed by atoms with Crippen LogP contribution < -0.4 is 10.3 Å². The normalized spacial score (nSPS) is 10.5. The molecule has 3 rings (SSSR count). The van der Waals surface area contributed by atoms with Gasteiger partial charge < -0.3 is 14.6 Å². The number of pyridine rings is 1. The summed E-state index contributed by atoms with van der Waals surface area (Å²) in [5.74, 6) is 0.334. The van der Waals surface area contributed by atoms with Crippen molar-refractivity contribution in [3.05, 3.63) is 87.2 Å². The first-order valence-corrected chi connectivity index (χ1v) is 9.31. The average molecular weight is 397 g/mol. The fourth-order valence-electron chi connectivity index (χ4n) is 2.97. The minimum Gasteiger partial charge on any atom is -0.496 e. The number of para-hydroxylation sites is 1. The minimum absolute atomic E-state index is 0.106. The van der Waals surface area contributed by atoms with Gasteiger partial charge in [0.2, 0.25) is 0 Å². The topological polar surface area (TPSA) is 62.4 Å². The van der Waals surface area contributed by atoms with Crippen LogP contribution >= 0.6 is 11.6 Å². The highest BCUT2D eigenvalue weighted by Gasteiger charge is 2.19. The lowest BCUT2D eigenvalue weighted by atomic mass is 10.1. The number of methoxy groups -OCH3 is 1. The first kappa shape index (κ1) is 19.7. The molecule has 0 aliphatic carbocycles. The predicted molar refractivity (Wildman–Crippen MR) is 111 cm³/mol. The number of benzene rings is 2. The molecule has 144 valence electrons. The number of nitrogens with one attached hydrogen (secondary N) is 1. The van der Waals surface area contributed by atoms with Crippen molar-refractivity contribution in [2.75, 3.05) is 13.7 Å². The molecular weight excluding hydrogens is 376 g/mol. The van der Waals surface area contributed by atoms with Crippen molar-refractivity contribution < 1.29 is 9.53 Å². The van der Waals surface area contributed by atoms with Crippen LogP contribution in [0.3, 0.4) is 0 Å². The van der Waals surface area contributed by atoms with E-state index in [0.29, 0.717) is 29.6 Å². The zero-order valence-electron chi connectivity index (χ0n) is 15.7. The molecule has 0 aliphatic rings. The van der Waals surface area contributed by atoms with Crippen molar-refractivity contribution in [2.45, 2.75) is 13.5 Å². The highest BCUT2D eigenvalue weighted by Crippen LogP contribution is 2.27. The van der Waals surface area contributed by atoms with Crippen LogP contribution in [0.1, 0.15) is 22.8 Å². The van der Waals surface area contributed by atoms with E-state index >= 15 is 0 Å². The molecule has 28 heavy (non-hydrogen) atoms. The maximum absolute atomic E-state index is 12.9. The Balaban J connectivity index is 1.87. The molecule has 0 spiro atoms. The molecule has 0 unspecified atom stereocenters. The lowest BCUT2D eigenvalue weighted by Crippen LogP contribution is -2.34. The van der Waals surface area contributed by atoms with Crippen molar-refractivity contribution in [1.82, 2.24) is 9.88 Å². The number of halogens is 1. The molecule has 1 N–H and O–H groups in total. The van der Waals surface area contributed by atoms with E-state index in [1.807, 2.05) is 43.3 Å². The van der Waals surface area contributed by atoms with Gasteiger partial charge in [0.1, 0.15) is 11.3 Å². The van der Waals surface area contributed by atoms with Gasteiger partial charge in [0.15, 0.2) is 0 Å². The minimum atomic E-state index is -0.428. The number of hydrogen-bond donors (Lipinski definition) is 1. The Morgan fingerprint density at radius 2 is 1.79 bits per heavy atom. The van der Waals surface area contributed by atoms with Crippen molar-refractivity contribution in [1.29, 1.82) is 0 Å². The standard InChI is InChI=1S/C22H21ClN2O3/c1-3-25(14-15-8-10-16(23)11-9-15)22(27)18-12-13-19(24-21(18)26)17-6-4-5-7-20(17)28-2/h4-13H,3,14H2,1-2H3,(H,24,26). The fraction of sp³-hybridized carbons (Fsp3) is 0.182. The Morgan fingerprint density at radius 1 is 1.07 bits per heavy atom. The lowest BCUT2D eigenvalue weighted by Gasteiger charge is -2.21. The molecule has 0 saturated heterocycles. The molecule has 1 aromatic heterocycles. The number of amides is 1. The van der Waals surface area contributed by atoms with Gasteiger partial charge >= 0.3 is 0 Å². The van der Waals surface area contributed by atoms with E-state index in [-0.39, 0.29) is 11.5 Å². The molecule has 0 aliphatic heterocycles. The van der Waals surface area contributed by atoms with E-state index < -0.39 is 5.56 Å². The van der Waals surface area contributed by atoms with Gasteiger partial charge in [-0.2, -0.15) is 0 Å². The van der Waals surface area contributed by atoms with Gasteiger partial charge in [-0.25, -0.2) is 0 Å². The molecule has 3 aromatic rings. The van der Waals surface area contributed by atoms with Crippen molar-refractivity contribution in [3.8, 4) is 17.0 Å². The van der Waals surface area contributed by atoms with Crippen LogP contribution in [0, 0.1) is 0 Å². The number of hydrogen-bond acceptors (Lipinski definition) is 3. The van der Waals surface area contributed by atoms with Crippen LogP contribution in [0.25, 0.3) is 11.3 Å². The number of carbonyl (C=O) groups is 1. The van der Waals surface area contributed by atoms with Crippen LogP contribution in [0.5, 0.6) is 5.75 Å². The molecule has 1 heterocycles. The van der Waals surface area contributed by atoms with E-state index in [1.54, 1.807) is 36.3 Å². The number of H-pyrrole nitrogens is 1. The SMILES string of the molecule is CCN(Cc1ccc(Cl)cc1)C(=O)c1ccc(-c2ccccc2OC)[nH]c1=O. The number of ether oxygens (including phenoxy) is 1. The Kier molecular flexibility index (Phi) is 6.16. The molecule has 0 fully saturated rings. The summed E-state index contributed by atoms with van der Waals surface area (Å²) in [5.41, 5.74) is 1.98. The Labute approximate surface area is 168 Å². The highest BCUT2D eigenvalue weighted by atomic mass is 35.5. The third kappa shape index (κ3) is 4.26.